The van der Waals surface area contributed by atoms with E-state index in [4.69, 9.17) is 0 Å². The minimum Gasteiger partial charge on any atom is -0.0891 e. The van der Waals surface area contributed by atoms with Crippen LogP contribution in [-0.4, -0.2) is 0 Å². The summed E-state index contributed by atoms with van der Waals surface area (Å²) in [7, 11) is 0. The lowest BCUT2D eigenvalue weighted by Gasteiger charge is -2.00. The minimum absolute atomic E-state index is 0.979. The second-order valence-electron chi connectivity index (χ2n) is 5.29. The Hall–Kier alpha value is -0.880. The Balaban J connectivity index is 3.13. The first-order chi connectivity index (χ1) is 9.41. The van der Waals surface area contributed by atoms with Gasteiger partial charge in [0, 0.05) is 12.8 Å². The zero-order valence-corrected chi connectivity index (χ0v) is 13.2. The predicted molar refractivity (Wildman–Crippen MR) is 86.9 cm³/mol. The molecule has 0 aromatic carbocycles. The van der Waals surface area contributed by atoms with Gasteiger partial charge in [0.1, 0.15) is 0 Å². The highest BCUT2D eigenvalue weighted by Gasteiger charge is 1.91. The van der Waals surface area contributed by atoms with E-state index in [2.05, 4.69) is 37.5 Å². The lowest BCUT2D eigenvalue weighted by atomic mass is 10.1. The van der Waals surface area contributed by atoms with Gasteiger partial charge < -0.3 is 0 Å². The maximum absolute atomic E-state index is 3.15. The Morgan fingerprint density at radius 2 is 0.947 bits per heavy atom. The van der Waals surface area contributed by atoms with Crippen molar-refractivity contribution in [3.63, 3.8) is 0 Å². The van der Waals surface area contributed by atoms with E-state index in [0.717, 1.165) is 19.3 Å². The highest BCUT2D eigenvalue weighted by Crippen LogP contribution is 2.10. The highest BCUT2D eigenvalue weighted by atomic mass is 14.0. The summed E-state index contributed by atoms with van der Waals surface area (Å²) in [5, 5.41) is 0. The fourth-order valence-corrected chi connectivity index (χ4v) is 2.04. The molecule has 0 heteroatoms. The van der Waals surface area contributed by atoms with Gasteiger partial charge in [-0.2, -0.15) is 0 Å². The minimum atomic E-state index is 0.979. The number of unbranched alkanes of at least 4 members (excludes halogenated alkanes) is 11. The molecule has 0 heterocycles. The first-order valence-electron chi connectivity index (χ1n) is 8.37. The molecule has 0 rings (SSSR count). The average Bonchev–Trinajstić information content (AvgIpc) is 2.43. The monoisotopic (exact) mass is 260 g/mol. The maximum atomic E-state index is 3.15. The van der Waals surface area contributed by atoms with Crippen LogP contribution >= 0.6 is 0 Å². The summed E-state index contributed by atoms with van der Waals surface area (Å²) < 4.78 is 0. The first kappa shape index (κ1) is 18.1. The average molecular weight is 260 g/mol. The Bertz CT molecular complexity index is 279. The van der Waals surface area contributed by atoms with Gasteiger partial charge in [-0.3, -0.25) is 0 Å². The summed E-state index contributed by atoms with van der Waals surface area (Å²) >= 11 is 0. The van der Waals surface area contributed by atoms with Crippen molar-refractivity contribution in [2.75, 3.05) is 0 Å². The van der Waals surface area contributed by atoms with Crippen molar-refractivity contribution in [2.24, 2.45) is 0 Å². The molecule has 0 bridgehead atoms. The molecule has 0 aliphatic rings. The van der Waals surface area contributed by atoms with Crippen molar-refractivity contribution in [2.45, 2.75) is 97.3 Å². The van der Waals surface area contributed by atoms with Crippen LogP contribution in [0.2, 0.25) is 0 Å². The van der Waals surface area contributed by atoms with Gasteiger partial charge in [0.25, 0.3) is 0 Å². The Kier molecular flexibility index (Phi) is 16.3. The van der Waals surface area contributed by atoms with E-state index < -0.39 is 0 Å². The summed E-state index contributed by atoms with van der Waals surface area (Å²) in [6.07, 6.45) is 17.0. The lowest BCUT2D eigenvalue weighted by molar-refractivity contribution is 0.558. The molecule has 0 spiro atoms. The third-order valence-corrected chi connectivity index (χ3v) is 3.27. The van der Waals surface area contributed by atoms with E-state index in [-0.39, 0.29) is 0 Å². The fraction of sp³-hybridized carbons (Fsp3) is 0.789. The molecule has 0 aliphatic heterocycles. The molecular formula is C19H32. The molecule has 0 aromatic rings. The van der Waals surface area contributed by atoms with E-state index in [1.54, 1.807) is 0 Å². The van der Waals surface area contributed by atoms with Crippen LogP contribution in [0.4, 0.5) is 0 Å². The molecule has 0 N–H and O–H groups in total. The van der Waals surface area contributed by atoms with E-state index in [1.807, 2.05) is 0 Å². The van der Waals surface area contributed by atoms with E-state index in [9.17, 15) is 0 Å². The molecular weight excluding hydrogens is 228 g/mol. The van der Waals surface area contributed by atoms with E-state index in [0.29, 0.717) is 0 Å². The second-order valence-corrected chi connectivity index (χ2v) is 5.29. The molecule has 0 aliphatic carbocycles. The van der Waals surface area contributed by atoms with Gasteiger partial charge in [0.15, 0.2) is 0 Å². The number of hydrogen-bond donors (Lipinski definition) is 0. The summed E-state index contributed by atoms with van der Waals surface area (Å²) in [6.45, 7) is 4.42. The smallest absolute Gasteiger partial charge is 0.00989 e. The fourth-order valence-electron chi connectivity index (χ4n) is 2.04. The third kappa shape index (κ3) is 17.1. The van der Waals surface area contributed by atoms with Crippen LogP contribution in [0.15, 0.2) is 0 Å². The molecule has 0 aromatic heterocycles. The summed E-state index contributed by atoms with van der Waals surface area (Å²) in [5.41, 5.74) is 0. The molecule has 19 heavy (non-hydrogen) atoms. The van der Waals surface area contributed by atoms with Crippen LogP contribution < -0.4 is 0 Å². The molecule has 0 saturated heterocycles. The zero-order chi connectivity index (χ0) is 14.0. The largest absolute Gasteiger partial charge is 0.0891 e. The third-order valence-electron chi connectivity index (χ3n) is 3.27. The van der Waals surface area contributed by atoms with Crippen molar-refractivity contribution in [3.8, 4) is 23.7 Å². The van der Waals surface area contributed by atoms with Crippen LogP contribution in [0.1, 0.15) is 97.3 Å². The summed E-state index contributed by atoms with van der Waals surface area (Å²) in [5.74, 6) is 12.0. The summed E-state index contributed by atoms with van der Waals surface area (Å²) in [4.78, 5) is 0. The van der Waals surface area contributed by atoms with Crippen LogP contribution in [0, 0.1) is 23.7 Å². The van der Waals surface area contributed by atoms with Crippen molar-refractivity contribution in [3.05, 3.63) is 0 Å². The van der Waals surface area contributed by atoms with Gasteiger partial charge >= 0.3 is 0 Å². The molecule has 0 nitrogen and oxygen atoms in total. The van der Waals surface area contributed by atoms with Crippen LogP contribution in [0.25, 0.3) is 0 Å². The zero-order valence-electron chi connectivity index (χ0n) is 13.2. The SMILES string of the molecule is CCCC#CC#CCCCCCCCCCCCC. The standard InChI is InChI=1S/C19H32/c1-3-5-7-9-11-13-15-17-19-18-16-14-12-10-8-6-4-2/h3-7,9,11,13,15-19H2,1-2H3. The number of rotatable bonds is 11. The molecule has 0 saturated carbocycles. The normalized spacial score (nSPS) is 9.37. The quantitative estimate of drug-likeness (QED) is 0.311. The van der Waals surface area contributed by atoms with Gasteiger partial charge in [-0.05, 0) is 24.7 Å². The Morgan fingerprint density at radius 1 is 0.474 bits per heavy atom. The maximum Gasteiger partial charge on any atom is 0.00989 e. The van der Waals surface area contributed by atoms with Gasteiger partial charge in [0.05, 0.1) is 0 Å². The van der Waals surface area contributed by atoms with Gasteiger partial charge in [-0.1, -0.05) is 83.5 Å². The van der Waals surface area contributed by atoms with Crippen LogP contribution in [0.5, 0.6) is 0 Å². The first-order valence-corrected chi connectivity index (χ1v) is 8.37. The predicted octanol–water partition coefficient (Wildman–Crippen LogP) is 6.10. The lowest BCUT2D eigenvalue weighted by Crippen LogP contribution is -1.81. The van der Waals surface area contributed by atoms with E-state index in [1.165, 1.54) is 64.2 Å². The van der Waals surface area contributed by atoms with Gasteiger partial charge in [0.2, 0.25) is 0 Å². The van der Waals surface area contributed by atoms with Crippen molar-refractivity contribution < 1.29 is 0 Å². The van der Waals surface area contributed by atoms with Gasteiger partial charge in [-0.25, -0.2) is 0 Å². The molecule has 0 unspecified atom stereocenters. The van der Waals surface area contributed by atoms with Crippen molar-refractivity contribution in [1.29, 1.82) is 0 Å². The van der Waals surface area contributed by atoms with E-state index >= 15 is 0 Å². The number of hydrogen-bond acceptors (Lipinski definition) is 0. The highest BCUT2D eigenvalue weighted by molar-refractivity contribution is 5.25. The van der Waals surface area contributed by atoms with Gasteiger partial charge in [-0.15, -0.1) is 0 Å². The van der Waals surface area contributed by atoms with Crippen LogP contribution in [0.3, 0.4) is 0 Å². The Morgan fingerprint density at radius 3 is 1.47 bits per heavy atom. The topological polar surface area (TPSA) is 0 Å². The van der Waals surface area contributed by atoms with Crippen molar-refractivity contribution in [1.82, 2.24) is 0 Å². The van der Waals surface area contributed by atoms with Crippen molar-refractivity contribution >= 4 is 0 Å². The van der Waals surface area contributed by atoms with Crippen LogP contribution in [-0.2, 0) is 0 Å². The summed E-state index contributed by atoms with van der Waals surface area (Å²) in [6, 6.07) is 0. The second kappa shape index (κ2) is 17.1. The molecule has 108 valence electrons. The Labute approximate surface area is 121 Å². The molecule has 0 amide bonds. The molecule has 0 atom stereocenters. The molecule has 0 radical (unpaired) electrons. The molecule has 0 fully saturated rings.